The van der Waals surface area contributed by atoms with Crippen LogP contribution in [0.2, 0.25) is 0 Å². The second-order valence-corrected chi connectivity index (χ2v) is 13.3. The number of carbonyl (C=O) groups excluding carboxylic acids is 2. The summed E-state index contributed by atoms with van der Waals surface area (Å²) in [6.07, 6.45) is -5.37. The van der Waals surface area contributed by atoms with Crippen LogP contribution >= 0.6 is 0 Å². The number of nitrogens with zero attached hydrogens (tertiary/aromatic N) is 5. The highest BCUT2D eigenvalue weighted by atomic mass is 19.4. The van der Waals surface area contributed by atoms with Gasteiger partial charge in [-0.3, -0.25) is 13.6 Å². The number of hydrogen-bond donors (Lipinski definition) is 1. The van der Waals surface area contributed by atoms with E-state index in [4.69, 9.17) is 14.2 Å². The van der Waals surface area contributed by atoms with Crippen molar-refractivity contribution in [2.75, 3.05) is 47.0 Å². The second kappa shape index (κ2) is 21.0. The molecule has 0 aliphatic rings. The van der Waals surface area contributed by atoms with Gasteiger partial charge in [0.15, 0.2) is 0 Å². The summed E-state index contributed by atoms with van der Waals surface area (Å²) in [5.41, 5.74) is 2.10. The lowest BCUT2D eigenvalue weighted by atomic mass is 10.1. The Kier molecular flexibility index (Phi) is 15.7. The van der Waals surface area contributed by atoms with E-state index >= 15 is 0 Å². The molecule has 6 rings (SSSR count). The molecule has 0 bridgehead atoms. The molecule has 1 N–H and O–H groups in total. The number of alkyl halides is 6. The Balaban J connectivity index is 0.000000232. The Morgan fingerprint density at radius 1 is 0.689 bits per heavy atom. The topological polar surface area (TPSA) is 112 Å². The van der Waals surface area contributed by atoms with Gasteiger partial charge in [0.05, 0.1) is 30.9 Å². The molecule has 11 nitrogen and oxygen atoms in total. The highest BCUT2D eigenvalue weighted by molar-refractivity contribution is 5.77. The third-order valence-corrected chi connectivity index (χ3v) is 8.35. The number of ether oxygens (including phenoxy) is 3. The van der Waals surface area contributed by atoms with E-state index in [9.17, 15) is 35.9 Å². The summed E-state index contributed by atoms with van der Waals surface area (Å²) in [7, 11) is 3.82. The molecule has 0 saturated heterocycles. The van der Waals surface area contributed by atoms with Gasteiger partial charge in [-0.25, -0.2) is 14.8 Å². The van der Waals surface area contributed by atoms with Crippen molar-refractivity contribution in [2.45, 2.75) is 32.5 Å². The van der Waals surface area contributed by atoms with E-state index in [1.807, 2.05) is 25.1 Å². The number of likely N-dealkylation sites (N-methyl/N-ethyl adjacent to an activating group) is 1. The molecule has 318 valence electrons. The predicted octanol–water partition coefficient (Wildman–Crippen LogP) is 6.78. The zero-order valence-corrected chi connectivity index (χ0v) is 33.2. The molecule has 0 saturated carbocycles. The van der Waals surface area contributed by atoms with Crippen LogP contribution in [0, 0.1) is 23.7 Å². The van der Waals surface area contributed by atoms with Crippen molar-refractivity contribution in [3.63, 3.8) is 0 Å². The van der Waals surface area contributed by atoms with Crippen LogP contribution in [0.15, 0.2) is 97.3 Å². The first-order valence-electron chi connectivity index (χ1n) is 18.7. The van der Waals surface area contributed by atoms with Crippen LogP contribution in [0.5, 0.6) is 0 Å². The molecule has 1 amide bonds. The van der Waals surface area contributed by atoms with Crippen molar-refractivity contribution in [2.24, 2.45) is 0 Å². The molecule has 61 heavy (non-hydrogen) atoms. The highest BCUT2D eigenvalue weighted by Crippen LogP contribution is 2.30. The Morgan fingerprint density at radius 2 is 1.18 bits per heavy atom. The fourth-order valence-corrected chi connectivity index (χ4v) is 5.51. The van der Waals surface area contributed by atoms with Gasteiger partial charge in [-0.2, -0.15) is 26.3 Å². The first-order chi connectivity index (χ1) is 29.1. The Bertz CT molecular complexity index is 2580. The summed E-state index contributed by atoms with van der Waals surface area (Å²) < 4.78 is 96.7. The van der Waals surface area contributed by atoms with E-state index in [0.717, 1.165) is 24.3 Å². The summed E-state index contributed by atoms with van der Waals surface area (Å²) in [6, 6.07) is 20.4. The number of aromatic nitrogens is 4. The fourth-order valence-electron chi connectivity index (χ4n) is 5.51. The molecule has 0 aliphatic heterocycles. The van der Waals surface area contributed by atoms with Gasteiger partial charge in [-0.15, -0.1) is 0 Å². The Morgan fingerprint density at radius 3 is 1.64 bits per heavy atom. The first-order valence-corrected chi connectivity index (χ1v) is 18.7. The highest BCUT2D eigenvalue weighted by Gasteiger charge is 2.31. The van der Waals surface area contributed by atoms with Crippen LogP contribution in [0.1, 0.15) is 52.0 Å². The summed E-state index contributed by atoms with van der Waals surface area (Å²) in [5.74, 6) is 10.6. The molecular weight excluding hydrogens is 807 g/mol. The van der Waals surface area contributed by atoms with E-state index in [2.05, 4.69) is 39.0 Å². The van der Waals surface area contributed by atoms with Crippen molar-refractivity contribution >= 4 is 23.2 Å². The van der Waals surface area contributed by atoms with E-state index in [-0.39, 0.29) is 50.1 Å². The van der Waals surface area contributed by atoms with Gasteiger partial charge >= 0.3 is 18.3 Å². The fraction of sp³-hybridized carbons (Fsp3) is 0.273. The maximum Gasteiger partial charge on any atom is 0.416 e. The van der Waals surface area contributed by atoms with Crippen molar-refractivity contribution in [3.8, 4) is 23.7 Å². The molecule has 0 aliphatic carbocycles. The monoisotopic (exact) mass is 846 g/mol. The number of hydrogen-bond acceptors (Lipinski definition) is 8. The van der Waals surface area contributed by atoms with Crippen LogP contribution in [0.25, 0.3) is 11.3 Å². The van der Waals surface area contributed by atoms with Crippen LogP contribution < -0.4 is 5.32 Å². The van der Waals surface area contributed by atoms with Gasteiger partial charge in [0.2, 0.25) is 5.91 Å². The molecule has 0 spiro atoms. The van der Waals surface area contributed by atoms with Crippen molar-refractivity contribution < 1.29 is 50.1 Å². The number of nitrogens with one attached hydrogen (secondary N) is 1. The standard InChI is InChI=1S/C23H23F3N4O2.C21H17F3N2O3/c1-29(2)13-11-27-22(31)16-32-15-19-20(30-12-4-3-8-21(30)28-19)10-9-17-6-5-7-18(14-17)23(24,25)26;1-2-29-20(27)14-28-13-17-18(26-11-4-3-8-19(26)25-17)10-9-15-6-5-7-16(12-15)21(22,23)24/h3-8,12,14H,11,13,15-16H2,1-2H3,(H,27,31);3-8,11-12H,2,13-14H2,1H3. The Labute approximate surface area is 347 Å². The maximum absolute atomic E-state index is 13.0. The zero-order valence-electron chi connectivity index (χ0n) is 33.2. The average molecular weight is 847 g/mol. The number of rotatable bonds is 12. The SMILES string of the molecule is CCOC(=O)COCc1nc2ccccn2c1C#Cc1cccc(C(F)(F)F)c1.CN(C)CCNC(=O)COCc1nc2ccccn2c1C#Cc1cccc(C(F)(F)F)c1. The van der Waals surface area contributed by atoms with Crippen LogP contribution in [-0.4, -0.2) is 82.6 Å². The van der Waals surface area contributed by atoms with Crippen LogP contribution in [-0.2, 0) is 49.4 Å². The van der Waals surface area contributed by atoms with E-state index in [1.54, 1.807) is 58.5 Å². The quantitative estimate of drug-likeness (QED) is 0.0816. The summed E-state index contributed by atoms with van der Waals surface area (Å²) in [5, 5.41) is 2.75. The van der Waals surface area contributed by atoms with Gasteiger partial charge in [-0.05, 0) is 93.5 Å². The Hall–Kier alpha value is -6.66. The largest absolute Gasteiger partial charge is 0.464 e. The molecule has 0 unspecified atom stereocenters. The molecule has 4 aromatic heterocycles. The first kappa shape index (κ1) is 45.4. The van der Waals surface area contributed by atoms with Gasteiger partial charge < -0.3 is 24.4 Å². The number of halogens is 6. The van der Waals surface area contributed by atoms with E-state index < -0.39 is 29.4 Å². The smallest absolute Gasteiger partial charge is 0.416 e. The molecular formula is C44H40F6N6O5. The van der Waals surface area contributed by atoms with Crippen molar-refractivity contribution in [3.05, 3.63) is 142 Å². The third kappa shape index (κ3) is 13.4. The number of esters is 1. The molecule has 0 radical (unpaired) electrons. The minimum atomic E-state index is -4.44. The number of fused-ring (bicyclic) bond motifs is 2. The van der Waals surface area contributed by atoms with Crippen molar-refractivity contribution in [1.29, 1.82) is 0 Å². The molecule has 4 heterocycles. The predicted molar refractivity (Wildman–Crippen MR) is 213 cm³/mol. The number of benzene rings is 2. The zero-order chi connectivity index (χ0) is 44.0. The molecule has 17 heteroatoms. The molecule has 6 aromatic rings. The third-order valence-electron chi connectivity index (χ3n) is 8.35. The lowest BCUT2D eigenvalue weighted by molar-refractivity contribution is -0.149. The van der Waals surface area contributed by atoms with Gasteiger partial charge in [0, 0.05) is 36.6 Å². The van der Waals surface area contributed by atoms with Crippen LogP contribution in [0.4, 0.5) is 26.3 Å². The van der Waals surface area contributed by atoms with E-state index in [0.29, 0.717) is 47.2 Å². The molecule has 0 fully saturated rings. The van der Waals surface area contributed by atoms with Crippen molar-refractivity contribution in [1.82, 2.24) is 29.0 Å². The average Bonchev–Trinajstić information content (AvgIpc) is 3.76. The maximum atomic E-state index is 13.0. The summed E-state index contributed by atoms with van der Waals surface area (Å²) in [4.78, 5) is 34.2. The van der Waals surface area contributed by atoms with Gasteiger partial charge in [0.25, 0.3) is 0 Å². The number of pyridine rings is 2. The summed E-state index contributed by atoms with van der Waals surface area (Å²) in [6.45, 7) is 2.85. The van der Waals surface area contributed by atoms with E-state index in [1.165, 1.54) is 24.3 Å². The number of carbonyl (C=O) groups is 2. The summed E-state index contributed by atoms with van der Waals surface area (Å²) >= 11 is 0. The van der Waals surface area contributed by atoms with Gasteiger partial charge in [0.1, 0.15) is 47.3 Å². The lowest BCUT2D eigenvalue weighted by Crippen LogP contribution is -2.33. The molecule has 2 aromatic carbocycles. The lowest BCUT2D eigenvalue weighted by Gasteiger charge is -2.10. The minimum Gasteiger partial charge on any atom is -0.464 e. The normalized spacial score (nSPS) is 11.3. The number of amides is 1. The van der Waals surface area contributed by atoms with Gasteiger partial charge in [-0.1, -0.05) is 36.1 Å². The number of imidazole rings is 2. The van der Waals surface area contributed by atoms with Crippen LogP contribution in [0.3, 0.4) is 0 Å². The molecule has 0 atom stereocenters. The minimum absolute atomic E-state index is 0.00704. The second-order valence-electron chi connectivity index (χ2n) is 13.3.